The summed E-state index contributed by atoms with van der Waals surface area (Å²) in [5.41, 5.74) is 2.98. The van der Waals surface area contributed by atoms with E-state index < -0.39 is 5.91 Å². The lowest BCUT2D eigenvalue weighted by atomic mass is 9.87. The molecule has 2 aromatic rings. The van der Waals surface area contributed by atoms with Crippen LogP contribution in [0.3, 0.4) is 0 Å². The fourth-order valence-electron chi connectivity index (χ4n) is 2.40. The van der Waals surface area contributed by atoms with Crippen molar-refractivity contribution in [3.8, 4) is 0 Å². The second-order valence-corrected chi connectivity index (χ2v) is 7.23. The Bertz CT molecular complexity index is 801. The van der Waals surface area contributed by atoms with Crippen molar-refractivity contribution in [2.45, 2.75) is 39.5 Å². The molecule has 0 aliphatic carbocycles. The predicted octanol–water partition coefficient (Wildman–Crippen LogP) is 4.15. The topological polar surface area (TPSA) is 75.3 Å². The van der Waals surface area contributed by atoms with Gasteiger partial charge in [-0.05, 0) is 54.3 Å². The average molecular weight is 352 g/mol. The molecular weight excluding hydrogens is 328 g/mol. The normalized spacial score (nSPS) is 10.9. The second-order valence-electron chi connectivity index (χ2n) is 7.23. The van der Waals surface area contributed by atoms with Crippen LogP contribution in [-0.4, -0.2) is 17.6 Å². The Morgan fingerprint density at radius 3 is 1.58 bits per heavy atom. The molecule has 136 valence electrons. The van der Waals surface area contributed by atoms with E-state index >= 15 is 0 Å². The summed E-state index contributed by atoms with van der Waals surface area (Å²) >= 11 is 0. The lowest BCUT2D eigenvalue weighted by Crippen LogP contribution is -2.21. The number of rotatable bonds is 5. The molecule has 0 saturated heterocycles. The first-order valence-corrected chi connectivity index (χ1v) is 8.46. The number of ketones is 1. The number of hydrogen-bond acceptors (Lipinski definition) is 3. The average Bonchev–Trinajstić information content (AvgIpc) is 2.54. The van der Waals surface area contributed by atoms with Crippen LogP contribution < -0.4 is 10.6 Å². The quantitative estimate of drug-likeness (QED) is 0.627. The Balaban J connectivity index is 1.88. The molecule has 0 spiro atoms. The third-order valence-corrected chi connectivity index (χ3v) is 3.93. The molecule has 2 rings (SSSR count). The van der Waals surface area contributed by atoms with Crippen molar-refractivity contribution in [3.05, 3.63) is 59.7 Å². The van der Waals surface area contributed by atoms with Gasteiger partial charge in [0.25, 0.3) is 0 Å². The smallest absolute Gasteiger partial charge is 0.233 e. The summed E-state index contributed by atoms with van der Waals surface area (Å²) in [5, 5.41) is 5.36. The van der Waals surface area contributed by atoms with E-state index in [0.29, 0.717) is 16.9 Å². The van der Waals surface area contributed by atoms with Gasteiger partial charge < -0.3 is 10.6 Å². The Morgan fingerprint density at radius 1 is 0.769 bits per heavy atom. The second kappa shape index (κ2) is 7.95. The van der Waals surface area contributed by atoms with Crippen LogP contribution in [0.2, 0.25) is 0 Å². The van der Waals surface area contributed by atoms with E-state index in [1.54, 1.807) is 24.3 Å². The fourth-order valence-corrected chi connectivity index (χ4v) is 2.40. The minimum atomic E-state index is -0.413. The van der Waals surface area contributed by atoms with Crippen LogP contribution in [0.1, 0.15) is 50.0 Å². The molecule has 0 fully saturated rings. The van der Waals surface area contributed by atoms with Gasteiger partial charge in [-0.1, -0.05) is 32.9 Å². The summed E-state index contributed by atoms with van der Waals surface area (Å²) in [7, 11) is 0. The summed E-state index contributed by atoms with van der Waals surface area (Å²) in [6.45, 7) is 7.83. The summed E-state index contributed by atoms with van der Waals surface area (Å²) in [6, 6.07) is 14.1. The molecule has 2 N–H and O–H groups in total. The maximum absolute atomic E-state index is 12.0. The van der Waals surface area contributed by atoms with Gasteiger partial charge in [0.2, 0.25) is 11.8 Å². The number of anilines is 2. The van der Waals surface area contributed by atoms with Crippen molar-refractivity contribution >= 4 is 29.0 Å². The molecule has 2 amide bonds. The van der Waals surface area contributed by atoms with Gasteiger partial charge in [0.1, 0.15) is 6.42 Å². The van der Waals surface area contributed by atoms with Gasteiger partial charge in [0.05, 0.1) is 0 Å². The lowest BCUT2D eigenvalue weighted by molar-refractivity contribution is -0.123. The van der Waals surface area contributed by atoms with Crippen molar-refractivity contribution in [2.75, 3.05) is 10.6 Å². The zero-order chi connectivity index (χ0) is 19.3. The minimum Gasteiger partial charge on any atom is -0.326 e. The number of amides is 2. The highest BCUT2D eigenvalue weighted by Crippen LogP contribution is 2.23. The number of nitrogens with one attached hydrogen (secondary N) is 2. The zero-order valence-electron chi connectivity index (χ0n) is 15.6. The Labute approximate surface area is 153 Å². The summed E-state index contributed by atoms with van der Waals surface area (Å²) in [5.74, 6) is -0.838. The Hall–Kier alpha value is -2.95. The van der Waals surface area contributed by atoms with Gasteiger partial charge in [0.15, 0.2) is 5.78 Å². The third kappa shape index (κ3) is 5.55. The fraction of sp³-hybridized carbons (Fsp3) is 0.286. The number of hydrogen-bond donors (Lipinski definition) is 2. The molecule has 0 bridgehead atoms. The molecule has 0 aromatic heterocycles. The van der Waals surface area contributed by atoms with Crippen LogP contribution in [0.4, 0.5) is 11.4 Å². The number of benzene rings is 2. The molecule has 2 aromatic carbocycles. The largest absolute Gasteiger partial charge is 0.326 e. The van der Waals surface area contributed by atoms with Crippen LogP contribution in [-0.2, 0) is 15.0 Å². The van der Waals surface area contributed by atoms with Crippen molar-refractivity contribution < 1.29 is 14.4 Å². The molecular formula is C21H24N2O3. The number of Topliss-reactive ketones (excluding diaryl/α,β-unsaturated/α-hetero) is 1. The third-order valence-electron chi connectivity index (χ3n) is 3.93. The Morgan fingerprint density at radius 2 is 1.19 bits per heavy atom. The predicted molar refractivity (Wildman–Crippen MR) is 103 cm³/mol. The highest BCUT2D eigenvalue weighted by Gasteiger charge is 2.14. The van der Waals surface area contributed by atoms with Gasteiger partial charge >= 0.3 is 0 Å². The van der Waals surface area contributed by atoms with Crippen molar-refractivity contribution in [1.82, 2.24) is 0 Å². The maximum atomic E-state index is 12.0. The summed E-state index contributed by atoms with van der Waals surface area (Å²) in [4.78, 5) is 35.2. The molecule has 0 saturated carbocycles. The first-order valence-electron chi connectivity index (χ1n) is 8.46. The molecule has 0 unspecified atom stereocenters. The maximum Gasteiger partial charge on any atom is 0.233 e. The van der Waals surface area contributed by atoms with E-state index in [4.69, 9.17) is 0 Å². The van der Waals surface area contributed by atoms with Gasteiger partial charge in [-0.2, -0.15) is 0 Å². The standard InChI is InChI=1S/C21H24N2O3/c1-14(24)15-5-9-17(10-6-15)22-19(25)13-20(26)23-18-11-7-16(8-12-18)21(2,3)4/h5-12H,13H2,1-4H3,(H,22,25)(H,23,26). The molecule has 5 heteroatoms. The van der Waals surface area contributed by atoms with E-state index in [1.807, 2.05) is 24.3 Å². The molecule has 0 atom stereocenters. The van der Waals surface area contributed by atoms with Crippen molar-refractivity contribution in [1.29, 1.82) is 0 Å². The molecule has 0 radical (unpaired) electrons. The highest BCUT2D eigenvalue weighted by atomic mass is 16.2. The van der Waals surface area contributed by atoms with Crippen LogP contribution in [0, 0.1) is 0 Å². The van der Waals surface area contributed by atoms with Crippen LogP contribution in [0.25, 0.3) is 0 Å². The van der Waals surface area contributed by atoms with E-state index in [9.17, 15) is 14.4 Å². The highest BCUT2D eigenvalue weighted by molar-refractivity contribution is 6.08. The molecule has 5 nitrogen and oxygen atoms in total. The SMILES string of the molecule is CC(=O)c1ccc(NC(=O)CC(=O)Nc2ccc(C(C)(C)C)cc2)cc1. The molecule has 0 heterocycles. The van der Waals surface area contributed by atoms with Crippen molar-refractivity contribution in [2.24, 2.45) is 0 Å². The van der Waals surface area contributed by atoms with E-state index in [-0.39, 0.29) is 23.5 Å². The molecule has 0 aliphatic heterocycles. The summed E-state index contributed by atoms with van der Waals surface area (Å²) < 4.78 is 0. The van der Waals surface area contributed by atoms with E-state index in [0.717, 1.165) is 0 Å². The monoisotopic (exact) mass is 352 g/mol. The van der Waals surface area contributed by atoms with Crippen LogP contribution in [0.5, 0.6) is 0 Å². The van der Waals surface area contributed by atoms with E-state index in [2.05, 4.69) is 31.4 Å². The van der Waals surface area contributed by atoms with Crippen LogP contribution >= 0.6 is 0 Å². The van der Waals surface area contributed by atoms with Gasteiger partial charge in [-0.25, -0.2) is 0 Å². The van der Waals surface area contributed by atoms with E-state index in [1.165, 1.54) is 12.5 Å². The van der Waals surface area contributed by atoms with Crippen molar-refractivity contribution in [3.63, 3.8) is 0 Å². The number of carbonyl (C=O) groups is 3. The molecule has 0 aliphatic rings. The first-order chi connectivity index (χ1) is 12.1. The first kappa shape index (κ1) is 19.4. The molecule has 26 heavy (non-hydrogen) atoms. The lowest BCUT2D eigenvalue weighted by Gasteiger charge is -2.19. The van der Waals surface area contributed by atoms with Gasteiger partial charge in [-0.3, -0.25) is 14.4 Å². The Kier molecular flexibility index (Phi) is 5.93. The zero-order valence-corrected chi connectivity index (χ0v) is 15.6. The number of carbonyl (C=O) groups excluding carboxylic acids is 3. The van der Waals surface area contributed by atoms with Gasteiger partial charge in [-0.15, -0.1) is 0 Å². The summed E-state index contributed by atoms with van der Waals surface area (Å²) in [6.07, 6.45) is -0.282. The van der Waals surface area contributed by atoms with Gasteiger partial charge in [0, 0.05) is 16.9 Å². The minimum absolute atomic E-state index is 0.0419. The van der Waals surface area contributed by atoms with Crippen LogP contribution in [0.15, 0.2) is 48.5 Å².